The second-order valence-corrected chi connectivity index (χ2v) is 6.28. The molecule has 0 bridgehead atoms. The normalized spacial score (nSPS) is 17.1. The molecule has 1 aliphatic heterocycles. The Morgan fingerprint density at radius 2 is 1.77 bits per heavy atom. The maximum absolute atomic E-state index is 12.6. The molecule has 0 unspecified atom stereocenters. The number of allylic oxidation sites excluding steroid dienone is 2. The van der Waals surface area contributed by atoms with Crippen LogP contribution < -0.4 is 0 Å². The van der Waals surface area contributed by atoms with Crippen molar-refractivity contribution >= 4 is 23.8 Å². The van der Waals surface area contributed by atoms with Crippen LogP contribution in [-0.2, 0) is 20.9 Å². The summed E-state index contributed by atoms with van der Waals surface area (Å²) in [5, 5.41) is 0. The van der Waals surface area contributed by atoms with Gasteiger partial charge >= 0.3 is 17.8 Å². The van der Waals surface area contributed by atoms with E-state index in [1.165, 1.54) is 0 Å². The molecule has 0 aromatic heterocycles. The first-order valence-corrected chi connectivity index (χ1v) is 8.73. The Balaban J connectivity index is 1.71. The van der Waals surface area contributed by atoms with E-state index in [0.29, 0.717) is 6.54 Å². The van der Waals surface area contributed by atoms with Gasteiger partial charge in [-0.2, -0.15) is 0 Å². The monoisotopic (exact) mass is 355 g/mol. The molecule has 0 spiro atoms. The van der Waals surface area contributed by atoms with E-state index in [0.717, 1.165) is 40.3 Å². The van der Waals surface area contributed by atoms with Crippen LogP contribution in [0.5, 0.6) is 0 Å². The maximum atomic E-state index is 12.6. The average Bonchev–Trinajstić information content (AvgIpc) is 3.23. The average molecular weight is 355 g/mol. The summed E-state index contributed by atoms with van der Waals surface area (Å²) in [6.45, 7) is 1.90. The lowest BCUT2D eigenvalue weighted by Gasteiger charge is -2.24. The fourth-order valence-corrected chi connectivity index (χ4v) is 3.25. The number of benzene rings is 1. The molecule has 1 aromatic rings. The van der Waals surface area contributed by atoms with Crippen molar-refractivity contribution in [3.8, 4) is 0 Å². The highest BCUT2D eigenvalue weighted by atomic mass is 16.2. The van der Waals surface area contributed by atoms with Gasteiger partial charge in [-0.3, -0.25) is 19.3 Å². The molecular weight excluding hydrogens is 334 g/mol. The molecule has 0 N–H and O–H groups in total. The van der Waals surface area contributed by atoms with Crippen LogP contribution >= 0.6 is 0 Å². The van der Waals surface area contributed by atoms with E-state index in [4.69, 9.17) is 0 Å². The molecule has 1 saturated heterocycles. The summed E-state index contributed by atoms with van der Waals surface area (Å²) in [5.41, 5.74) is 1.66. The smallest absolute Gasteiger partial charge is 0.315 e. The Morgan fingerprint density at radius 1 is 1.08 bits per heavy atom. The maximum Gasteiger partial charge on any atom is 0.335 e. The Kier molecular flexibility index (Phi) is 5.16. The summed E-state index contributed by atoms with van der Waals surface area (Å²) in [6.07, 6.45) is 4.72. The second-order valence-electron chi connectivity index (χ2n) is 6.28. The van der Waals surface area contributed by atoms with E-state index in [9.17, 15) is 19.2 Å². The molecule has 7 nitrogen and oxygen atoms in total. The van der Waals surface area contributed by atoms with E-state index >= 15 is 0 Å². The van der Waals surface area contributed by atoms with Gasteiger partial charge < -0.3 is 4.90 Å². The molecule has 0 radical (unpaired) electrons. The molecule has 136 valence electrons. The highest BCUT2D eigenvalue weighted by Gasteiger charge is 2.45. The predicted octanol–water partition coefficient (Wildman–Crippen LogP) is 1.89. The molecule has 3 rings (SSSR count). The number of nitrogens with zero attached hydrogens (tertiary/aromatic N) is 3. The predicted molar refractivity (Wildman–Crippen MR) is 93.4 cm³/mol. The summed E-state index contributed by atoms with van der Waals surface area (Å²) in [5.74, 6) is -2.19. The lowest BCUT2D eigenvalue weighted by molar-refractivity contribution is -0.144. The van der Waals surface area contributed by atoms with Crippen molar-refractivity contribution < 1.29 is 19.2 Å². The number of carbonyl (C=O) groups excluding carboxylic acids is 4. The van der Waals surface area contributed by atoms with Gasteiger partial charge in [0.25, 0.3) is 0 Å². The van der Waals surface area contributed by atoms with Crippen LogP contribution in [0.3, 0.4) is 0 Å². The number of rotatable bonds is 6. The van der Waals surface area contributed by atoms with Crippen molar-refractivity contribution in [1.82, 2.24) is 14.7 Å². The minimum absolute atomic E-state index is 0.0115. The number of hydrogen-bond donors (Lipinski definition) is 0. The standard InChI is InChI=1S/C19H21N3O4/c1-2-20(15-10-6-7-11-15)16(23)13-22-18(25)17(24)21(19(22)26)12-14-8-4-3-5-9-14/h3-5,8-10H,2,6-7,11-13H2,1H3. The van der Waals surface area contributed by atoms with Gasteiger partial charge in [-0.1, -0.05) is 36.4 Å². The van der Waals surface area contributed by atoms with Crippen LogP contribution in [0, 0.1) is 0 Å². The van der Waals surface area contributed by atoms with Crippen LogP contribution in [0.15, 0.2) is 42.1 Å². The summed E-state index contributed by atoms with van der Waals surface area (Å²) >= 11 is 0. The number of amides is 5. The molecule has 0 atom stereocenters. The number of imide groups is 2. The minimum Gasteiger partial charge on any atom is -0.315 e. The molecule has 0 saturated carbocycles. The molecule has 7 heteroatoms. The van der Waals surface area contributed by atoms with Gasteiger partial charge in [0.05, 0.1) is 6.54 Å². The summed E-state index contributed by atoms with van der Waals surface area (Å²) < 4.78 is 0. The van der Waals surface area contributed by atoms with Gasteiger partial charge in [-0.25, -0.2) is 9.69 Å². The van der Waals surface area contributed by atoms with Gasteiger partial charge in [-0.05, 0) is 31.7 Å². The molecule has 1 fully saturated rings. The zero-order valence-corrected chi connectivity index (χ0v) is 14.7. The Bertz CT molecular complexity index is 772. The Hall–Kier alpha value is -2.96. The van der Waals surface area contributed by atoms with Gasteiger partial charge in [0.1, 0.15) is 6.54 Å². The second kappa shape index (κ2) is 7.51. The highest BCUT2D eigenvalue weighted by Crippen LogP contribution is 2.22. The first-order valence-electron chi connectivity index (χ1n) is 8.73. The summed E-state index contributed by atoms with van der Waals surface area (Å²) in [7, 11) is 0. The number of likely N-dealkylation sites (N-methyl/N-ethyl adjacent to an activating group) is 1. The van der Waals surface area contributed by atoms with E-state index in [1.54, 1.807) is 29.2 Å². The first kappa shape index (κ1) is 17.8. The van der Waals surface area contributed by atoms with E-state index in [2.05, 4.69) is 0 Å². The molecule has 1 aliphatic carbocycles. The van der Waals surface area contributed by atoms with Crippen molar-refractivity contribution in [2.45, 2.75) is 32.7 Å². The fraction of sp³-hybridized carbons (Fsp3) is 0.368. The zero-order valence-electron chi connectivity index (χ0n) is 14.7. The van der Waals surface area contributed by atoms with Crippen molar-refractivity contribution in [2.24, 2.45) is 0 Å². The van der Waals surface area contributed by atoms with E-state index < -0.39 is 24.4 Å². The third-order valence-corrected chi connectivity index (χ3v) is 4.59. The quantitative estimate of drug-likeness (QED) is 0.577. The molecule has 1 heterocycles. The van der Waals surface area contributed by atoms with Gasteiger partial charge in [0.15, 0.2) is 0 Å². The van der Waals surface area contributed by atoms with Crippen LogP contribution in [0.25, 0.3) is 0 Å². The van der Waals surface area contributed by atoms with E-state index in [-0.39, 0.29) is 12.5 Å². The topological polar surface area (TPSA) is 78.0 Å². The van der Waals surface area contributed by atoms with Crippen LogP contribution in [0.2, 0.25) is 0 Å². The third kappa shape index (κ3) is 3.37. The lowest BCUT2D eigenvalue weighted by Crippen LogP contribution is -2.43. The summed E-state index contributed by atoms with van der Waals surface area (Å²) in [6, 6.07) is 8.20. The van der Waals surface area contributed by atoms with Crippen molar-refractivity contribution in [3.63, 3.8) is 0 Å². The third-order valence-electron chi connectivity index (χ3n) is 4.59. The Labute approximate surface area is 151 Å². The lowest BCUT2D eigenvalue weighted by atomic mass is 10.2. The highest BCUT2D eigenvalue weighted by molar-refractivity contribution is 6.44. The number of urea groups is 1. The molecule has 5 amide bonds. The molecular formula is C19H21N3O4. The van der Waals surface area contributed by atoms with Crippen molar-refractivity contribution in [3.05, 3.63) is 47.7 Å². The SMILES string of the molecule is CCN(C(=O)CN1C(=O)C(=O)N(Cc2ccccc2)C1=O)C1=CCCC1. The van der Waals surface area contributed by atoms with Crippen LogP contribution in [0.4, 0.5) is 4.79 Å². The zero-order chi connectivity index (χ0) is 18.7. The molecule has 1 aromatic carbocycles. The molecule has 2 aliphatic rings. The van der Waals surface area contributed by atoms with Gasteiger partial charge in [0.2, 0.25) is 5.91 Å². The van der Waals surface area contributed by atoms with Gasteiger partial charge in [-0.15, -0.1) is 0 Å². The molecule has 26 heavy (non-hydrogen) atoms. The van der Waals surface area contributed by atoms with Crippen LogP contribution in [0.1, 0.15) is 31.7 Å². The van der Waals surface area contributed by atoms with Crippen LogP contribution in [-0.4, -0.2) is 51.5 Å². The van der Waals surface area contributed by atoms with Gasteiger partial charge in [0, 0.05) is 12.2 Å². The number of hydrogen-bond acceptors (Lipinski definition) is 4. The largest absolute Gasteiger partial charge is 0.335 e. The van der Waals surface area contributed by atoms with Crippen molar-refractivity contribution in [1.29, 1.82) is 0 Å². The van der Waals surface area contributed by atoms with E-state index in [1.807, 2.05) is 19.1 Å². The Morgan fingerprint density at radius 3 is 2.38 bits per heavy atom. The minimum atomic E-state index is -0.948. The fourth-order valence-electron chi connectivity index (χ4n) is 3.25. The summed E-state index contributed by atoms with van der Waals surface area (Å²) in [4.78, 5) is 52.7. The van der Waals surface area contributed by atoms with Crippen molar-refractivity contribution in [2.75, 3.05) is 13.1 Å². The number of carbonyl (C=O) groups is 4. The first-order chi connectivity index (χ1) is 12.5.